The zero-order valence-electron chi connectivity index (χ0n) is 8.64. The van der Waals surface area contributed by atoms with E-state index in [0.717, 1.165) is 23.4 Å². The van der Waals surface area contributed by atoms with Gasteiger partial charge in [-0.25, -0.2) is 9.67 Å². The van der Waals surface area contributed by atoms with Gasteiger partial charge >= 0.3 is 0 Å². The van der Waals surface area contributed by atoms with E-state index in [9.17, 15) is 4.79 Å². The Morgan fingerprint density at radius 2 is 2.20 bits per heavy atom. The van der Waals surface area contributed by atoms with Crippen molar-refractivity contribution in [3.8, 4) is 5.82 Å². The van der Waals surface area contributed by atoms with Gasteiger partial charge in [-0.2, -0.15) is 5.10 Å². The first kappa shape index (κ1) is 9.58. The van der Waals surface area contributed by atoms with Gasteiger partial charge in [-0.05, 0) is 31.5 Å². The summed E-state index contributed by atoms with van der Waals surface area (Å²) in [5, 5.41) is 4.12. The van der Waals surface area contributed by atoms with Crippen molar-refractivity contribution in [3.05, 3.63) is 41.3 Å². The van der Waals surface area contributed by atoms with E-state index in [1.54, 1.807) is 17.1 Å². The Bertz CT molecular complexity index is 502. The standard InChI is InChI=1S/C11H11N3O/c1-8-3-4-12-11(5-8)14-9(2)10(7-15)6-13-14/h3-7H,1-2H3. The lowest BCUT2D eigenvalue weighted by Crippen LogP contribution is -2.02. The predicted octanol–water partition coefficient (Wildman–Crippen LogP) is 1.70. The molecule has 0 amide bonds. The fourth-order valence-electron chi connectivity index (χ4n) is 1.40. The highest BCUT2D eigenvalue weighted by Gasteiger charge is 2.07. The lowest BCUT2D eigenvalue weighted by atomic mass is 10.3. The van der Waals surface area contributed by atoms with Crippen LogP contribution in [0, 0.1) is 13.8 Å². The second-order valence-corrected chi connectivity index (χ2v) is 3.41. The number of aldehydes is 1. The molecule has 0 fully saturated rings. The lowest BCUT2D eigenvalue weighted by Gasteiger charge is -2.03. The average Bonchev–Trinajstić information content (AvgIpc) is 2.59. The van der Waals surface area contributed by atoms with Crippen molar-refractivity contribution in [1.82, 2.24) is 14.8 Å². The molecule has 0 aliphatic carbocycles. The fraction of sp³-hybridized carbons (Fsp3) is 0.182. The van der Waals surface area contributed by atoms with Gasteiger partial charge in [0.25, 0.3) is 0 Å². The summed E-state index contributed by atoms with van der Waals surface area (Å²) in [7, 11) is 0. The molecule has 2 aromatic rings. The fourth-order valence-corrected chi connectivity index (χ4v) is 1.40. The minimum atomic E-state index is 0.596. The molecular formula is C11H11N3O. The van der Waals surface area contributed by atoms with Crippen LogP contribution in [0.2, 0.25) is 0 Å². The molecular weight excluding hydrogens is 190 g/mol. The first-order valence-electron chi connectivity index (χ1n) is 4.65. The van der Waals surface area contributed by atoms with Gasteiger partial charge in [0.2, 0.25) is 0 Å². The third-order valence-electron chi connectivity index (χ3n) is 2.29. The number of hydrogen-bond acceptors (Lipinski definition) is 3. The summed E-state index contributed by atoms with van der Waals surface area (Å²) in [5.41, 5.74) is 2.52. The largest absolute Gasteiger partial charge is 0.298 e. The molecule has 0 radical (unpaired) electrons. The van der Waals surface area contributed by atoms with Crippen LogP contribution in [0.1, 0.15) is 21.6 Å². The van der Waals surface area contributed by atoms with Gasteiger partial charge in [-0.3, -0.25) is 4.79 Å². The second kappa shape index (κ2) is 3.65. The number of carbonyl (C=O) groups excluding carboxylic acids is 1. The highest BCUT2D eigenvalue weighted by Crippen LogP contribution is 2.11. The molecule has 4 nitrogen and oxygen atoms in total. The van der Waals surface area contributed by atoms with Crippen LogP contribution in [-0.4, -0.2) is 21.1 Å². The number of aromatic nitrogens is 3. The Morgan fingerprint density at radius 1 is 1.40 bits per heavy atom. The van der Waals surface area contributed by atoms with Crippen LogP contribution < -0.4 is 0 Å². The molecule has 0 N–H and O–H groups in total. The molecule has 0 bridgehead atoms. The molecule has 0 aromatic carbocycles. The Labute approximate surface area is 87.6 Å². The van der Waals surface area contributed by atoms with E-state index in [1.165, 1.54) is 0 Å². The predicted molar refractivity (Wildman–Crippen MR) is 56.2 cm³/mol. The highest BCUT2D eigenvalue weighted by atomic mass is 16.1. The van der Waals surface area contributed by atoms with E-state index in [2.05, 4.69) is 10.1 Å². The third kappa shape index (κ3) is 1.66. The van der Waals surface area contributed by atoms with Crippen LogP contribution in [-0.2, 0) is 0 Å². The molecule has 0 saturated carbocycles. The van der Waals surface area contributed by atoms with Crippen LogP contribution in [0.3, 0.4) is 0 Å². The van der Waals surface area contributed by atoms with E-state index < -0.39 is 0 Å². The minimum absolute atomic E-state index is 0.596. The molecule has 76 valence electrons. The van der Waals surface area contributed by atoms with Crippen LogP contribution >= 0.6 is 0 Å². The number of carbonyl (C=O) groups is 1. The lowest BCUT2D eigenvalue weighted by molar-refractivity contribution is 0.112. The van der Waals surface area contributed by atoms with Gasteiger partial charge in [0.15, 0.2) is 12.1 Å². The summed E-state index contributed by atoms with van der Waals surface area (Å²) >= 11 is 0. The zero-order valence-corrected chi connectivity index (χ0v) is 8.64. The molecule has 2 heterocycles. The SMILES string of the molecule is Cc1ccnc(-n2ncc(C=O)c2C)c1. The van der Waals surface area contributed by atoms with Gasteiger partial charge < -0.3 is 0 Å². The summed E-state index contributed by atoms with van der Waals surface area (Å²) in [6.45, 7) is 3.84. The van der Waals surface area contributed by atoms with Crippen LogP contribution in [0.4, 0.5) is 0 Å². The van der Waals surface area contributed by atoms with E-state index >= 15 is 0 Å². The smallest absolute Gasteiger partial charge is 0.153 e. The average molecular weight is 201 g/mol. The monoisotopic (exact) mass is 201 g/mol. The van der Waals surface area contributed by atoms with Crippen molar-refractivity contribution >= 4 is 6.29 Å². The Balaban J connectivity index is 2.54. The van der Waals surface area contributed by atoms with Gasteiger partial charge in [0.1, 0.15) is 0 Å². The molecule has 2 aromatic heterocycles. The van der Waals surface area contributed by atoms with Gasteiger partial charge in [-0.15, -0.1) is 0 Å². The number of nitrogens with zero attached hydrogens (tertiary/aromatic N) is 3. The molecule has 0 unspecified atom stereocenters. The quantitative estimate of drug-likeness (QED) is 0.695. The summed E-state index contributed by atoms with van der Waals surface area (Å²) < 4.78 is 1.66. The van der Waals surface area contributed by atoms with Crippen molar-refractivity contribution in [2.45, 2.75) is 13.8 Å². The Morgan fingerprint density at radius 3 is 2.80 bits per heavy atom. The maximum Gasteiger partial charge on any atom is 0.153 e. The Hall–Kier alpha value is -1.97. The van der Waals surface area contributed by atoms with Crippen LogP contribution in [0.5, 0.6) is 0 Å². The normalized spacial score (nSPS) is 10.3. The number of rotatable bonds is 2. The second-order valence-electron chi connectivity index (χ2n) is 3.41. The molecule has 0 saturated heterocycles. The molecule has 4 heteroatoms. The first-order valence-corrected chi connectivity index (χ1v) is 4.65. The summed E-state index contributed by atoms with van der Waals surface area (Å²) in [4.78, 5) is 14.9. The highest BCUT2D eigenvalue weighted by molar-refractivity contribution is 5.76. The Kier molecular flexibility index (Phi) is 2.33. The summed E-state index contributed by atoms with van der Waals surface area (Å²) in [6.07, 6.45) is 4.08. The molecule has 2 rings (SSSR count). The van der Waals surface area contributed by atoms with Gasteiger partial charge in [0.05, 0.1) is 17.5 Å². The summed E-state index contributed by atoms with van der Waals surface area (Å²) in [5.74, 6) is 0.737. The number of aryl methyl sites for hydroxylation is 1. The maximum atomic E-state index is 10.7. The van der Waals surface area contributed by atoms with Gasteiger partial charge in [-0.1, -0.05) is 0 Å². The third-order valence-corrected chi connectivity index (χ3v) is 2.29. The molecule has 0 atom stereocenters. The van der Waals surface area contributed by atoms with Crippen LogP contribution in [0.15, 0.2) is 24.5 Å². The minimum Gasteiger partial charge on any atom is -0.298 e. The van der Waals surface area contributed by atoms with Crippen molar-refractivity contribution in [3.63, 3.8) is 0 Å². The van der Waals surface area contributed by atoms with Crippen LogP contribution in [0.25, 0.3) is 5.82 Å². The molecule has 0 spiro atoms. The molecule has 0 aliphatic heterocycles. The van der Waals surface area contributed by atoms with Crippen molar-refractivity contribution in [2.24, 2.45) is 0 Å². The first-order chi connectivity index (χ1) is 7.22. The van der Waals surface area contributed by atoms with Crippen molar-refractivity contribution in [2.75, 3.05) is 0 Å². The van der Waals surface area contributed by atoms with Crippen molar-refractivity contribution < 1.29 is 4.79 Å². The maximum absolute atomic E-state index is 10.7. The van der Waals surface area contributed by atoms with E-state index in [-0.39, 0.29) is 0 Å². The van der Waals surface area contributed by atoms with E-state index in [1.807, 2.05) is 26.0 Å². The number of hydrogen-bond donors (Lipinski definition) is 0. The van der Waals surface area contributed by atoms with E-state index in [0.29, 0.717) is 5.56 Å². The molecule has 0 aliphatic rings. The molecule has 15 heavy (non-hydrogen) atoms. The summed E-state index contributed by atoms with van der Waals surface area (Å²) in [6, 6.07) is 3.84. The number of pyridine rings is 1. The van der Waals surface area contributed by atoms with E-state index in [4.69, 9.17) is 0 Å². The zero-order chi connectivity index (χ0) is 10.8. The van der Waals surface area contributed by atoms with Gasteiger partial charge in [0, 0.05) is 6.20 Å². The topological polar surface area (TPSA) is 47.8 Å². The van der Waals surface area contributed by atoms with Crippen molar-refractivity contribution in [1.29, 1.82) is 0 Å².